The largest absolute Gasteiger partial charge is 0.378 e. The van der Waals surface area contributed by atoms with E-state index in [1.165, 1.54) is 12.8 Å². The van der Waals surface area contributed by atoms with Crippen LogP contribution in [0.4, 0.5) is 0 Å². The minimum absolute atomic E-state index is 0.244. The molecule has 0 spiro atoms. The van der Waals surface area contributed by atoms with Gasteiger partial charge in [-0.1, -0.05) is 26.7 Å². The van der Waals surface area contributed by atoms with E-state index in [0.717, 1.165) is 31.7 Å². The molecule has 0 heterocycles. The van der Waals surface area contributed by atoms with E-state index in [-0.39, 0.29) is 11.9 Å². The van der Waals surface area contributed by atoms with Gasteiger partial charge in [0.15, 0.2) is 0 Å². The Kier molecular flexibility index (Phi) is 7.28. The summed E-state index contributed by atoms with van der Waals surface area (Å²) in [6.07, 6.45) is 6.97. The minimum atomic E-state index is -0.274. The van der Waals surface area contributed by atoms with Crippen molar-refractivity contribution in [3.05, 3.63) is 0 Å². The first kappa shape index (κ1) is 15.4. The highest BCUT2D eigenvalue weighted by Gasteiger charge is 2.20. The predicted molar refractivity (Wildman–Crippen MR) is 73.3 cm³/mol. The molecule has 0 saturated heterocycles. The van der Waals surface area contributed by atoms with Crippen LogP contribution in [0.25, 0.3) is 0 Å². The van der Waals surface area contributed by atoms with Gasteiger partial charge in [0.05, 0.1) is 12.1 Å². The van der Waals surface area contributed by atoms with Gasteiger partial charge in [0.25, 0.3) is 0 Å². The highest BCUT2D eigenvalue weighted by Crippen LogP contribution is 2.25. The van der Waals surface area contributed by atoms with Crippen molar-refractivity contribution < 1.29 is 9.53 Å². The molecule has 0 radical (unpaired) electrons. The number of ether oxygens (including phenoxy) is 1. The van der Waals surface area contributed by atoms with Crippen LogP contribution < -0.4 is 11.1 Å². The molecule has 0 bridgehead atoms. The molecule has 3 atom stereocenters. The molecule has 3 unspecified atom stereocenters. The molecular weight excluding hydrogens is 228 g/mol. The van der Waals surface area contributed by atoms with Crippen molar-refractivity contribution in [1.29, 1.82) is 0 Å². The van der Waals surface area contributed by atoms with E-state index in [4.69, 9.17) is 10.5 Å². The zero-order valence-corrected chi connectivity index (χ0v) is 11.8. The third-order valence-electron chi connectivity index (χ3n) is 3.63. The second kappa shape index (κ2) is 8.48. The molecule has 18 heavy (non-hydrogen) atoms. The number of carbonyl (C=O) groups excluding carboxylic acids is 1. The SMILES string of the molecule is CCCNC(CCOC1CCCC(C)C1)C(N)=O. The highest BCUT2D eigenvalue weighted by molar-refractivity contribution is 5.79. The Bertz CT molecular complexity index is 246. The number of nitrogens with one attached hydrogen (secondary N) is 1. The average Bonchev–Trinajstić information content (AvgIpc) is 2.33. The summed E-state index contributed by atoms with van der Waals surface area (Å²) >= 11 is 0. The van der Waals surface area contributed by atoms with Crippen LogP contribution in [0, 0.1) is 5.92 Å². The summed E-state index contributed by atoms with van der Waals surface area (Å²) in [5.41, 5.74) is 5.36. The molecule has 1 amide bonds. The van der Waals surface area contributed by atoms with Crippen LogP contribution in [0.15, 0.2) is 0 Å². The molecule has 0 aromatic rings. The average molecular weight is 256 g/mol. The maximum absolute atomic E-state index is 11.2. The lowest BCUT2D eigenvalue weighted by Crippen LogP contribution is -2.42. The monoisotopic (exact) mass is 256 g/mol. The summed E-state index contributed by atoms with van der Waals surface area (Å²) in [5.74, 6) is 0.498. The van der Waals surface area contributed by atoms with E-state index in [9.17, 15) is 4.79 Å². The minimum Gasteiger partial charge on any atom is -0.378 e. The molecule has 1 fully saturated rings. The van der Waals surface area contributed by atoms with Gasteiger partial charge < -0.3 is 15.8 Å². The van der Waals surface area contributed by atoms with E-state index in [2.05, 4.69) is 19.2 Å². The van der Waals surface area contributed by atoms with Crippen LogP contribution in [0.3, 0.4) is 0 Å². The number of hydrogen-bond acceptors (Lipinski definition) is 3. The summed E-state index contributed by atoms with van der Waals surface area (Å²) in [4.78, 5) is 11.2. The Hall–Kier alpha value is -0.610. The van der Waals surface area contributed by atoms with Gasteiger partial charge in [0, 0.05) is 6.61 Å². The van der Waals surface area contributed by atoms with Crippen molar-refractivity contribution in [2.24, 2.45) is 11.7 Å². The first-order chi connectivity index (χ1) is 8.63. The van der Waals surface area contributed by atoms with Crippen LogP contribution in [0.1, 0.15) is 52.4 Å². The maximum atomic E-state index is 11.2. The number of rotatable bonds is 8. The van der Waals surface area contributed by atoms with Crippen LogP contribution in [-0.2, 0) is 9.53 Å². The lowest BCUT2D eigenvalue weighted by Gasteiger charge is -2.27. The second-order valence-electron chi connectivity index (χ2n) is 5.46. The first-order valence-corrected chi connectivity index (χ1v) is 7.27. The molecule has 0 aromatic heterocycles. The van der Waals surface area contributed by atoms with Gasteiger partial charge >= 0.3 is 0 Å². The Morgan fingerprint density at radius 1 is 1.50 bits per heavy atom. The Morgan fingerprint density at radius 2 is 2.28 bits per heavy atom. The zero-order chi connectivity index (χ0) is 13.4. The van der Waals surface area contributed by atoms with Gasteiger partial charge in [-0.2, -0.15) is 0 Å². The van der Waals surface area contributed by atoms with Gasteiger partial charge in [-0.3, -0.25) is 4.79 Å². The van der Waals surface area contributed by atoms with Crippen LogP contribution in [0.5, 0.6) is 0 Å². The third kappa shape index (κ3) is 5.83. The summed E-state index contributed by atoms with van der Waals surface area (Å²) < 4.78 is 5.87. The van der Waals surface area contributed by atoms with Crippen molar-refractivity contribution in [3.63, 3.8) is 0 Å². The van der Waals surface area contributed by atoms with Crippen molar-refractivity contribution in [2.75, 3.05) is 13.2 Å². The predicted octanol–water partition coefficient (Wildman–Crippen LogP) is 1.83. The topological polar surface area (TPSA) is 64.3 Å². The van der Waals surface area contributed by atoms with Gasteiger partial charge in [0.2, 0.25) is 5.91 Å². The normalized spacial score (nSPS) is 25.9. The van der Waals surface area contributed by atoms with E-state index in [1.807, 2.05) is 0 Å². The third-order valence-corrected chi connectivity index (χ3v) is 3.63. The van der Waals surface area contributed by atoms with Crippen LogP contribution in [-0.4, -0.2) is 31.2 Å². The van der Waals surface area contributed by atoms with Crippen molar-refractivity contribution in [2.45, 2.75) is 64.5 Å². The molecule has 4 heteroatoms. The maximum Gasteiger partial charge on any atom is 0.234 e. The molecule has 4 nitrogen and oxygen atoms in total. The van der Waals surface area contributed by atoms with Gasteiger partial charge in [-0.15, -0.1) is 0 Å². The Balaban J connectivity index is 2.19. The molecule has 1 aliphatic rings. The summed E-state index contributed by atoms with van der Waals surface area (Å²) in [6, 6.07) is -0.244. The fourth-order valence-corrected chi connectivity index (χ4v) is 2.55. The van der Waals surface area contributed by atoms with Crippen LogP contribution in [0.2, 0.25) is 0 Å². The summed E-state index contributed by atoms with van der Waals surface area (Å²) in [7, 11) is 0. The van der Waals surface area contributed by atoms with E-state index < -0.39 is 0 Å². The van der Waals surface area contributed by atoms with E-state index in [0.29, 0.717) is 19.1 Å². The molecule has 3 N–H and O–H groups in total. The van der Waals surface area contributed by atoms with E-state index in [1.54, 1.807) is 0 Å². The molecule has 0 aromatic carbocycles. The molecule has 1 aliphatic carbocycles. The quantitative estimate of drug-likeness (QED) is 0.696. The lowest BCUT2D eigenvalue weighted by atomic mass is 9.89. The zero-order valence-electron chi connectivity index (χ0n) is 11.8. The molecular formula is C14H28N2O2. The molecule has 106 valence electrons. The molecule has 0 aliphatic heterocycles. The summed E-state index contributed by atoms with van der Waals surface area (Å²) in [6.45, 7) is 5.81. The van der Waals surface area contributed by atoms with Crippen molar-refractivity contribution in [3.8, 4) is 0 Å². The van der Waals surface area contributed by atoms with Crippen molar-refractivity contribution in [1.82, 2.24) is 5.32 Å². The Labute approximate surface area is 111 Å². The standard InChI is InChI=1S/C14H28N2O2/c1-3-8-16-13(14(15)17)7-9-18-12-6-4-5-11(2)10-12/h11-13,16H,3-10H2,1-2H3,(H2,15,17). The van der Waals surface area contributed by atoms with E-state index >= 15 is 0 Å². The number of carbonyl (C=O) groups is 1. The number of amides is 1. The summed E-state index contributed by atoms with van der Waals surface area (Å²) in [5, 5.41) is 3.16. The van der Waals surface area contributed by atoms with Gasteiger partial charge in [-0.25, -0.2) is 0 Å². The molecule has 1 saturated carbocycles. The fraction of sp³-hybridized carbons (Fsp3) is 0.929. The molecule has 1 rings (SSSR count). The smallest absolute Gasteiger partial charge is 0.234 e. The fourth-order valence-electron chi connectivity index (χ4n) is 2.55. The van der Waals surface area contributed by atoms with Gasteiger partial charge in [0.1, 0.15) is 0 Å². The first-order valence-electron chi connectivity index (χ1n) is 7.27. The number of hydrogen-bond donors (Lipinski definition) is 2. The van der Waals surface area contributed by atoms with Crippen LogP contribution >= 0.6 is 0 Å². The second-order valence-corrected chi connectivity index (χ2v) is 5.46. The number of primary amides is 1. The lowest BCUT2D eigenvalue weighted by molar-refractivity contribution is -0.120. The highest BCUT2D eigenvalue weighted by atomic mass is 16.5. The Morgan fingerprint density at radius 3 is 2.89 bits per heavy atom. The van der Waals surface area contributed by atoms with Crippen molar-refractivity contribution >= 4 is 5.91 Å². The van der Waals surface area contributed by atoms with Gasteiger partial charge in [-0.05, 0) is 38.1 Å². The number of nitrogens with two attached hydrogens (primary N) is 1.